The van der Waals surface area contributed by atoms with Gasteiger partial charge in [-0.3, -0.25) is 9.59 Å². The highest BCUT2D eigenvalue weighted by Crippen LogP contribution is 2.28. The lowest BCUT2D eigenvalue weighted by atomic mass is 10.1. The molecule has 0 radical (unpaired) electrons. The summed E-state index contributed by atoms with van der Waals surface area (Å²) in [6, 6.07) is 15.6. The summed E-state index contributed by atoms with van der Waals surface area (Å²) >= 11 is 1.62. The van der Waals surface area contributed by atoms with E-state index >= 15 is 0 Å². The maximum atomic E-state index is 12.0. The van der Waals surface area contributed by atoms with E-state index in [1.165, 1.54) is 5.56 Å². The van der Waals surface area contributed by atoms with Crippen molar-refractivity contribution in [3.8, 4) is 10.6 Å². The van der Waals surface area contributed by atoms with Gasteiger partial charge in [0.15, 0.2) is 0 Å². The van der Waals surface area contributed by atoms with Gasteiger partial charge in [-0.2, -0.15) is 0 Å². The zero-order valence-electron chi connectivity index (χ0n) is 16.2. The Morgan fingerprint density at radius 3 is 2.39 bits per heavy atom. The first-order valence-electron chi connectivity index (χ1n) is 9.11. The van der Waals surface area contributed by atoms with Crippen LogP contribution in [0.25, 0.3) is 10.6 Å². The molecular formula is C22H23N3O2S. The summed E-state index contributed by atoms with van der Waals surface area (Å²) in [7, 11) is 0. The van der Waals surface area contributed by atoms with Crippen LogP contribution in [0.15, 0.2) is 48.5 Å². The number of hydrogen-bond acceptors (Lipinski definition) is 4. The summed E-state index contributed by atoms with van der Waals surface area (Å²) < 4.78 is 0. The number of rotatable bonds is 5. The quantitative estimate of drug-likeness (QED) is 0.643. The highest BCUT2D eigenvalue weighted by molar-refractivity contribution is 7.15. The molecule has 6 heteroatoms. The van der Waals surface area contributed by atoms with Crippen molar-refractivity contribution in [2.75, 3.05) is 11.9 Å². The average Bonchev–Trinajstić information content (AvgIpc) is 3.02. The van der Waals surface area contributed by atoms with Crippen molar-refractivity contribution in [2.24, 2.45) is 0 Å². The first kappa shape index (κ1) is 19.8. The van der Waals surface area contributed by atoms with Crippen molar-refractivity contribution in [1.29, 1.82) is 0 Å². The molecule has 3 rings (SSSR count). The van der Waals surface area contributed by atoms with Gasteiger partial charge in [0.2, 0.25) is 0 Å². The van der Waals surface area contributed by atoms with E-state index in [0.717, 1.165) is 26.7 Å². The van der Waals surface area contributed by atoms with Crippen molar-refractivity contribution >= 4 is 28.8 Å². The van der Waals surface area contributed by atoms with Gasteiger partial charge in [0.25, 0.3) is 0 Å². The predicted octanol–water partition coefficient (Wildman–Crippen LogP) is 4.03. The largest absolute Gasteiger partial charge is 0.347 e. The second-order valence-electron chi connectivity index (χ2n) is 6.73. The smallest absolute Gasteiger partial charge is 0.313 e. The molecule has 0 unspecified atom stereocenters. The molecule has 2 aromatic carbocycles. The molecule has 2 amide bonds. The predicted molar refractivity (Wildman–Crippen MR) is 114 cm³/mol. The molecule has 1 heterocycles. The van der Waals surface area contributed by atoms with Crippen LogP contribution < -0.4 is 10.6 Å². The van der Waals surface area contributed by atoms with Crippen molar-refractivity contribution < 1.29 is 9.59 Å². The molecule has 0 saturated heterocycles. The summed E-state index contributed by atoms with van der Waals surface area (Å²) in [5, 5.41) is 6.26. The SMILES string of the molecule is Cc1cccc(NC(=O)C(=O)NCCc2sc(-c3cccc(C)c3)nc2C)c1. The number of benzene rings is 2. The molecule has 0 bridgehead atoms. The minimum Gasteiger partial charge on any atom is -0.347 e. The zero-order chi connectivity index (χ0) is 20.1. The molecule has 144 valence electrons. The Kier molecular flexibility index (Phi) is 6.21. The van der Waals surface area contributed by atoms with Crippen LogP contribution in [0.3, 0.4) is 0 Å². The lowest BCUT2D eigenvalue weighted by molar-refractivity contribution is -0.136. The number of anilines is 1. The minimum atomic E-state index is -0.660. The van der Waals surface area contributed by atoms with Gasteiger partial charge in [0.1, 0.15) is 5.01 Å². The third-order valence-electron chi connectivity index (χ3n) is 4.28. The lowest BCUT2D eigenvalue weighted by Gasteiger charge is -2.07. The Bertz CT molecular complexity index is 1010. The fourth-order valence-electron chi connectivity index (χ4n) is 2.84. The number of thiazole rings is 1. The molecule has 0 saturated carbocycles. The number of amides is 2. The fourth-order valence-corrected chi connectivity index (χ4v) is 3.90. The third-order valence-corrected chi connectivity index (χ3v) is 5.54. The molecule has 0 aliphatic rings. The molecule has 0 spiro atoms. The number of aromatic nitrogens is 1. The van der Waals surface area contributed by atoms with Gasteiger partial charge in [0, 0.05) is 29.1 Å². The second kappa shape index (κ2) is 8.80. The van der Waals surface area contributed by atoms with Gasteiger partial charge in [-0.1, -0.05) is 35.9 Å². The Labute approximate surface area is 168 Å². The van der Waals surface area contributed by atoms with Gasteiger partial charge < -0.3 is 10.6 Å². The lowest BCUT2D eigenvalue weighted by Crippen LogP contribution is -2.36. The average molecular weight is 394 g/mol. The van der Waals surface area contributed by atoms with E-state index in [2.05, 4.69) is 34.7 Å². The van der Waals surface area contributed by atoms with Crippen LogP contribution in [0.2, 0.25) is 0 Å². The van der Waals surface area contributed by atoms with Crippen LogP contribution in [-0.2, 0) is 16.0 Å². The molecule has 3 aromatic rings. The minimum absolute atomic E-state index is 0.385. The van der Waals surface area contributed by atoms with E-state index in [1.54, 1.807) is 17.4 Å². The van der Waals surface area contributed by atoms with Gasteiger partial charge in [0.05, 0.1) is 5.69 Å². The van der Waals surface area contributed by atoms with E-state index in [0.29, 0.717) is 18.7 Å². The number of carbonyl (C=O) groups excluding carboxylic acids is 2. The van der Waals surface area contributed by atoms with E-state index in [-0.39, 0.29) is 0 Å². The molecule has 0 fully saturated rings. The van der Waals surface area contributed by atoms with Crippen LogP contribution in [-0.4, -0.2) is 23.3 Å². The number of nitrogens with zero attached hydrogens (tertiary/aromatic N) is 1. The number of aryl methyl sites for hydroxylation is 3. The highest BCUT2D eigenvalue weighted by Gasteiger charge is 2.14. The van der Waals surface area contributed by atoms with E-state index in [1.807, 2.05) is 44.2 Å². The van der Waals surface area contributed by atoms with Crippen molar-refractivity contribution in [1.82, 2.24) is 10.3 Å². The molecular weight excluding hydrogens is 370 g/mol. The molecule has 0 aliphatic carbocycles. The molecule has 5 nitrogen and oxygen atoms in total. The van der Waals surface area contributed by atoms with Crippen LogP contribution in [0.5, 0.6) is 0 Å². The Morgan fingerprint density at radius 2 is 1.68 bits per heavy atom. The number of nitrogens with one attached hydrogen (secondary N) is 2. The van der Waals surface area contributed by atoms with Crippen molar-refractivity contribution in [3.05, 3.63) is 70.2 Å². The highest BCUT2D eigenvalue weighted by atomic mass is 32.1. The molecule has 2 N–H and O–H groups in total. The summed E-state index contributed by atoms with van der Waals surface area (Å²) in [5.74, 6) is -1.30. The van der Waals surface area contributed by atoms with E-state index in [4.69, 9.17) is 0 Å². The maximum absolute atomic E-state index is 12.0. The second-order valence-corrected chi connectivity index (χ2v) is 7.81. The zero-order valence-corrected chi connectivity index (χ0v) is 17.0. The molecule has 0 atom stereocenters. The first-order valence-corrected chi connectivity index (χ1v) is 9.93. The van der Waals surface area contributed by atoms with Crippen LogP contribution in [0, 0.1) is 20.8 Å². The number of hydrogen-bond donors (Lipinski definition) is 2. The van der Waals surface area contributed by atoms with E-state index < -0.39 is 11.8 Å². The summed E-state index contributed by atoms with van der Waals surface area (Å²) in [6.07, 6.45) is 0.638. The van der Waals surface area contributed by atoms with Gasteiger partial charge in [-0.05, 0) is 44.5 Å². The van der Waals surface area contributed by atoms with Crippen molar-refractivity contribution in [3.63, 3.8) is 0 Å². The van der Waals surface area contributed by atoms with Crippen LogP contribution >= 0.6 is 11.3 Å². The van der Waals surface area contributed by atoms with Crippen molar-refractivity contribution in [2.45, 2.75) is 27.2 Å². The Balaban J connectivity index is 1.54. The fraction of sp³-hybridized carbons (Fsp3) is 0.227. The summed E-state index contributed by atoms with van der Waals surface area (Å²) in [5.41, 5.74) is 4.88. The Hall–Kier alpha value is -2.99. The van der Waals surface area contributed by atoms with Crippen LogP contribution in [0.4, 0.5) is 5.69 Å². The molecule has 28 heavy (non-hydrogen) atoms. The molecule has 0 aliphatic heterocycles. The topological polar surface area (TPSA) is 71.1 Å². The normalized spacial score (nSPS) is 10.5. The van der Waals surface area contributed by atoms with Gasteiger partial charge >= 0.3 is 11.8 Å². The monoisotopic (exact) mass is 393 g/mol. The number of carbonyl (C=O) groups is 2. The molecule has 1 aromatic heterocycles. The first-order chi connectivity index (χ1) is 13.4. The summed E-state index contributed by atoms with van der Waals surface area (Å²) in [4.78, 5) is 29.8. The van der Waals surface area contributed by atoms with Crippen LogP contribution in [0.1, 0.15) is 21.7 Å². The van der Waals surface area contributed by atoms with Gasteiger partial charge in [-0.15, -0.1) is 11.3 Å². The summed E-state index contributed by atoms with van der Waals surface area (Å²) in [6.45, 7) is 6.34. The van der Waals surface area contributed by atoms with E-state index in [9.17, 15) is 9.59 Å². The maximum Gasteiger partial charge on any atom is 0.313 e. The Morgan fingerprint density at radius 1 is 0.964 bits per heavy atom. The van der Waals surface area contributed by atoms with Gasteiger partial charge in [-0.25, -0.2) is 4.98 Å². The standard InChI is InChI=1S/C22H23N3O2S/c1-14-6-4-8-17(12-14)22-24-16(3)19(28-22)10-11-23-20(26)21(27)25-18-9-5-7-15(2)13-18/h4-9,12-13H,10-11H2,1-3H3,(H,23,26)(H,25,27). The third kappa shape index (κ3) is 5.04.